The molecule has 112 valence electrons. The zero-order valence-electron chi connectivity index (χ0n) is 12.3. The molecule has 0 radical (unpaired) electrons. The predicted molar refractivity (Wildman–Crippen MR) is 82.5 cm³/mol. The number of hydrogen-bond donors (Lipinski definition) is 1. The monoisotopic (exact) mass is 297 g/mol. The van der Waals surface area contributed by atoms with E-state index in [1.54, 1.807) is 26.5 Å². The minimum Gasteiger partial charge on any atom is -0.497 e. The summed E-state index contributed by atoms with van der Waals surface area (Å²) in [5.41, 5.74) is 1.26. The maximum absolute atomic E-state index is 11.4. The number of nitrogens with one attached hydrogen (secondary N) is 1. The summed E-state index contributed by atoms with van der Waals surface area (Å²) < 4.78 is 10.6. The van der Waals surface area contributed by atoms with E-state index in [1.165, 1.54) is 6.07 Å². The second-order valence-corrected chi connectivity index (χ2v) is 4.77. The van der Waals surface area contributed by atoms with E-state index in [1.807, 2.05) is 18.2 Å². The minimum absolute atomic E-state index is 0.184. The van der Waals surface area contributed by atoms with Gasteiger partial charge in [-0.1, -0.05) is 0 Å². The SMILES string of the molecule is COc1ccc(OC)c(Cc2ncc3ccc(=O)[nH]c3n2)c1. The number of pyridine rings is 1. The van der Waals surface area contributed by atoms with E-state index in [0.717, 1.165) is 22.4 Å². The summed E-state index contributed by atoms with van der Waals surface area (Å²) in [5.74, 6) is 2.08. The van der Waals surface area contributed by atoms with Gasteiger partial charge < -0.3 is 14.5 Å². The number of H-pyrrole nitrogens is 1. The molecule has 0 aliphatic heterocycles. The first kappa shape index (κ1) is 14.1. The quantitative estimate of drug-likeness (QED) is 0.796. The largest absolute Gasteiger partial charge is 0.497 e. The van der Waals surface area contributed by atoms with Crippen molar-refractivity contribution in [3.63, 3.8) is 0 Å². The molecule has 0 saturated carbocycles. The van der Waals surface area contributed by atoms with E-state index in [-0.39, 0.29) is 5.56 Å². The molecule has 0 bridgehead atoms. The highest BCUT2D eigenvalue weighted by Crippen LogP contribution is 2.25. The number of rotatable bonds is 4. The van der Waals surface area contributed by atoms with Crippen LogP contribution in [0.25, 0.3) is 11.0 Å². The van der Waals surface area contributed by atoms with Gasteiger partial charge in [-0.2, -0.15) is 0 Å². The van der Waals surface area contributed by atoms with E-state index < -0.39 is 0 Å². The lowest BCUT2D eigenvalue weighted by atomic mass is 10.1. The first-order chi connectivity index (χ1) is 10.7. The Morgan fingerprint density at radius 3 is 2.77 bits per heavy atom. The van der Waals surface area contributed by atoms with E-state index in [0.29, 0.717) is 17.9 Å². The smallest absolute Gasteiger partial charge is 0.249 e. The zero-order chi connectivity index (χ0) is 15.5. The molecule has 0 aliphatic carbocycles. The highest BCUT2D eigenvalue weighted by Gasteiger charge is 2.09. The molecule has 6 nitrogen and oxygen atoms in total. The molecule has 6 heteroatoms. The molecule has 0 fully saturated rings. The number of aromatic amines is 1. The van der Waals surface area contributed by atoms with E-state index >= 15 is 0 Å². The van der Waals surface area contributed by atoms with Crippen LogP contribution in [0.5, 0.6) is 11.5 Å². The maximum Gasteiger partial charge on any atom is 0.249 e. The van der Waals surface area contributed by atoms with Gasteiger partial charge in [-0.15, -0.1) is 0 Å². The molecule has 0 spiro atoms. The Morgan fingerprint density at radius 1 is 1.14 bits per heavy atom. The number of nitrogens with zero attached hydrogens (tertiary/aromatic N) is 2. The second kappa shape index (κ2) is 5.85. The van der Waals surface area contributed by atoms with Crippen LogP contribution in [0.2, 0.25) is 0 Å². The normalized spacial score (nSPS) is 10.6. The molecule has 0 amide bonds. The fraction of sp³-hybridized carbons (Fsp3) is 0.188. The van der Waals surface area contributed by atoms with Gasteiger partial charge in [0.25, 0.3) is 0 Å². The van der Waals surface area contributed by atoms with Gasteiger partial charge >= 0.3 is 0 Å². The van der Waals surface area contributed by atoms with Crippen molar-refractivity contribution in [2.24, 2.45) is 0 Å². The third-order valence-electron chi connectivity index (χ3n) is 3.36. The number of aromatic nitrogens is 3. The summed E-state index contributed by atoms with van der Waals surface area (Å²) in [4.78, 5) is 22.8. The van der Waals surface area contributed by atoms with Crippen molar-refractivity contribution in [3.05, 3.63) is 58.3 Å². The summed E-state index contributed by atoms with van der Waals surface area (Å²) >= 11 is 0. The number of benzene rings is 1. The molecule has 0 unspecified atom stereocenters. The Morgan fingerprint density at radius 2 is 2.00 bits per heavy atom. The molecular weight excluding hydrogens is 282 g/mol. The van der Waals surface area contributed by atoms with Crippen LogP contribution in [-0.2, 0) is 6.42 Å². The molecule has 0 atom stereocenters. The summed E-state index contributed by atoms with van der Waals surface area (Å²) in [7, 11) is 3.23. The first-order valence-electron chi connectivity index (χ1n) is 6.75. The van der Waals surface area contributed by atoms with E-state index in [2.05, 4.69) is 15.0 Å². The van der Waals surface area contributed by atoms with Gasteiger partial charge in [0.05, 0.1) is 14.2 Å². The number of methoxy groups -OCH3 is 2. The van der Waals surface area contributed by atoms with Gasteiger partial charge in [-0.3, -0.25) is 4.79 Å². The summed E-state index contributed by atoms with van der Waals surface area (Å²) in [6, 6.07) is 8.72. The van der Waals surface area contributed by atoms with Crippen molar-refractivity contribution in [2.75, 3.05) is 14.2 Å². The van der Waals surface area contributed by atoms with Crippen LogP contribution in [0, 0.1) is 0 Å². The molecule has 2 aromatic heterocycles. The molecule has 3 aromatic rings. The molecule has 2 heterocycles. The third-order valence-corrected chi connectivity index (χ3v) is 3.36. The highest BCUT2D eigenvalue weighted by molar-refractivity contribution is 5.72. The zero-order valence-corrected chi connectivity index (χ0v) is 12.3. The van der Waals surface area contributed by atoms with Crippen molar-refractivity contribution in [1.29, 1.82) is 0 Å². The predicted octanol–water partition coefficient (Wildman–Crippen LogP) is 1.93. The van der Waals surface area contributed by atoms with Gasteiger partial charge in [0, 0.05) is 29.6 Å². The van der Waals surface area contributed by atoms with Crippen LogP contribution < -0.4 is 15.0 Å². The number of hydrogen-bond acceptors (Lipinski definition) is 5. The molecular formula is C16H15N3O3. The van der Waals surface area contributed by atoms with Crippen LogP contribution in [0.4, 0.5) is 0 Å². The van der Waals surface area contributed by atoms with Crippen LogP contribution in [0.15, 0.2) is 41.3 Å². The van der Waals surface area contributed by atoms with Crippen molar-refractivity contribution < 1.29 is 9.47 Å². The van der Waals surface area contributed by atoms with Crippen molar-refractivity contribution in [1.82, 2.24) is 15.0 Å². The number of fused-ring (bicyclic) bond motifs is 1. The third kappa shape index (κ3) is 2.76. The van der Waals surface area contributed by atoms with Crippen LogP contribution in [-0.4, -0.2) is 29.2 Å². The molecule has 3 rings (SSSR count). The molecule has 0 saturated heterocycles. The Kier molecular flexibility index (Phi) is 3.74. The Hall–Kier alpha value is -2.89. The van der Waals surface area contributed by atoms with E-state index in [9.17, 15) is 4.79 Å². The van der Waals surface area contributed by atoms with Gasteiger partial charge in [-0.05, 0) is 24.3 Å². The van der Waals surface area contributed by atoms with Gasteiger partial charge in [0.2, 0.25) is 5.56 Å². The molecule has 1 N–H and O–H groups in total. The first-order valence-corrected chi connectivity index (χ1v) is 6.75. The standard InChI is InChI=1S/C16H15N3O3/c1-21-12-4-5-13(22-2)11(7-12)8-14-17-9-10-3-6-15(20)19-16(10)18-14/h3-7,9H,8H2,1-2H3,(H,17,18,19,20). The van der Waals surface area contributed by atoms with Crippen LogP contribution >= 0.6 is 0 Å². The minimum atomic E-state index is -0.184. The number of ether oxygens (including phenoxy) is 2. The molecule has 1 aromatic carbocycles. The van der Waals surface area contributed by atoms with Gasteiger partial charge in [-0.25, -0.2) is 9.97 Å². The Bertz CT molecular complexity index is 874. The molecule has 22 heavy (non-hydrogen) atoms. The lowest BCUT2D eigenvalue weighted by Gasteiger charge is -2.10. The summed E-state index contributed by atoms with van der Waals surface area (Å²) in [6.07, 6.45) is 2.17. The van der Waals surface area contributed by atoms with Crippen LogP contribution in [0.3, 0.4) is 0 Å². The van der Waals surface area contributed by atoms with Crippen molar-refractivity contribution in [3.8, 4) is 11.5 Å². The Labute approximate surface area is 126 Å². The van der Waals surface area contributed by atoms with Gasteiger partial charge in [0.1, 0.15) is 23.0 Å². The maximum atomic E-state index is 11.4. The molecule has 0 aliphatic rings. The van der Waals surface area contributed by atoms with Crippen LogP contribution in [0.1, 0.15) is 11.4 Å². The average Bonchev–Trinajstić information content (AvgIpc) is 2.54. The van der Waals surface area contributed by atoms with Gasteiger partial charge in [0.15, 0.2) is 0 Å². The van der Waals surface area contributed by atoms with E-state index in [4.69, 9.17) is 9.47 Å². The highest BCUT2D eigenvalue weighted by atomic mass is 16.5. The fourth-order valence-electron chi connectivity index (χ4n) is 2.25. The fourth-order valence-corrected chi connectivity index (χ4v) is 2.25. The average molecular weight is 297 g/mol. The topological polar surface area (TPSA) is 77.1 Å². The summed E-state index contributed by atoms with van der Waals surface area (Å²) in [5, 5.41) is 0.793. The summed E-state index contributed by atoms with van der Waals surface area (Å²) in [6.45, 7) is 0. The second-order valence-electron chi connectivity index (χ2n) is 4.77. The lowest BCUT2D eigenvalue weighted by molar-refractivity contribution is 0.399. The van der Waals surface area contributed by atoms with Crippen molar-refractivity contribution >= 4 is 11.0 Å². The van der Waals surface area contributed by atoms with Crippen molar-refractivity contribution in [2.45, 2.75) is 6.42 Å². The lowest BCUT2D eigenvalue weighted by Crippen LogP contribution is -2.06. The Balaban J connectivity index is 2.00.